The molecule has 0 heterocycles. The zero-order chi connectivity index (χ0) is 47.0. The van der Waals surface area contributed by atoms with Crippen molar-refractivity contribution in [3.8, 4) is 0 Å². The fourth-order valence-electron chi connectivity index (χ4n) is 6.83. The monoisotopic (exact) mass is 925 g/mol. The van der Waals surface area contributed by atoms with E-state index in [4.69, 9.17) is 23.3 Å². The Labute approximate surface area is 390 Å². The van der Waals surface area contributed by atoms with Crippen LogP contribution in [-0.2, 0) is 42.2 Å². The maximum Gasteiger partial charge on any atom is 0.472 e. The molecule has 2 N–H and O–H groups in total. The van der Waals surface area contributed by atoms with Crippen molar-refractivity contribution in [1.82, 2.24) is 0 Å². The van der Waals surface area contributed by atoms with Crippen molar-refractivity contribution in [1.29, 1.82) is 0 Å². The molecule has 0 aromatic rings. The molecule has 0 rings (SSSR count). The van der Waals surface area contributed by atoms with E-state index in [0.29, 0.717) is 19.3 Å². The van der Waals surface area contributed by atoms with E-state index < -0.39 is 57.8 Å². The summed E-state index contributed by atoms with van der Waals surface area (Å²) in [7, 11) is -4.74. The van der Waals surface area contributed by atoms with Gasteiger partial charge in [0.2, 0.25) is 0 Å². The minimum atomic E-state index is -4.74. The molecule has 0 spiro atoms. The number of hydrogen-bond donors (Lipinski definition) is 2. The normalized spacial score (nSPS) is 13.9. The number of aliphatic hydroxyl groups excluding tert-OH is 1. The predicted octanol–water partition coefficient (Wildman–Crippen LogP) is 14.2. The van der Waals surface area contributed by atoms with Crippen LogP contribution < -0.4 is 0 Å². The van der Waals surface area contributed by atoms with Crippen LogP contribution in [0.5, 0.6) is 0 Å². The molecule has 64 heavy (non-hydrogen) atoms. The lowest BCUT2D eigenvalue weighted by Crippen LogP contribution is -2.30. The standard InChI is InChI=1S/C52H93O11P/c1-4-7-10-13-16-19-22-24-27-29-32-35-38-41-50(54)59-45-49(63-52(56)43-40-37-34-31-28-25-23-20-17-14-11-8-5-2)47-61-64(57,58)60-46-48(44-53)62-51(55)42-39-36-33-30-26-21-18-15-12-9-6-3/h7,10,16,19-20,23-24,27,48-49,53H,4-6,8-9,11-15,17-18,21-22,25-26,28-47H2,1-3H3,(H,57,58)/b10-7-,19-16-,23-20-,27-24-. The molecule has 0 saturated carbocycles. The molecule has 11 nitrogen and oxygen atoms in total. The first-order valence-corrected chi connectivity index (χ1v) is 27.0. The number of carbonyl (C=O) groups is 3. The maximum absolute atomic E-state index is 12.8. The number of phosphoric ester groups is 1. The Kier molecular flexibility index (Phi) is 45.1. The van der Waals surface area contributed by atoms with Gasteiger partial charge in [-0.15, -0.1) is 0 Å². The fraction of sp³-hybridized carbons (Fsp3) is 0.788. The second-order valence-corrected chi connectivity index (χ2v) is 18.4. The molecule has 0 bridgehead atoms. The Morgan fingerprint density at radius 2 is 0.812 bits per heavy atom. The van der Waals surface area contributed by atoms with Gasteiger partial charge >= 0.3 is 25.7 Å². The summed E-state index contributed by atoms with van der Waals surface area (Å²) < 4.78 is 39.3. The Bertz CT molecular complexity index is 1260. The molecule has 0 aromatic heterocycles. The number of carbonyl (C=O) groups excluding carboxylic acids is 3. The molecular formula is C52H93O11P. The van der Waals surface area contributed by atoms with Gasteiger partial charge in [0, 0.05) is 19.3 Å². The van der Waals surface area contributed by atoms with Gasteiger partial charge in [-0.05, 0) is 77.0 Å². The SMILES string of the molecule is CC/C=C\C/C=C\C/C=C\CCCCCC(=O)OCC(COP(=O)(O)OCC(CO)OC(=O)CCCCCCCCCCCCC)OC(=O)CCCCCCC/C=C\CCCCCC. The fourth-order valence-corrected chi connectivity index (χ4v) is 7.62. The predicted molar refractivity (Wildman–Crippen MR) is 261 cm³/mol. The van der Waals surface area contributed by atoms with Crippen molar-refractivity contribution < 1.29 is 52.2 Å². The van der Waals surface area contributed by atoms with Crippen molar-refractivity contribution in [3.05, 3.63) is 48.6 Å². The number of esters is 3. The molecular weight excluding hydrogens is 832 g/mol. The molecule has 3 atom stereocenters. The van der Waals surface area contributed by atoms with Gasteiger partial charge in [-0.2, -0.15) is 0 Å². The van der Waals surface area contributed by atoms with Gasteiger partial charge in [-0.3, -0.25) is 23.4 Å². The molecule has 12 heteroatoms. The summed E-state index contributed by atoms with van der Waals surface area (Å²) in [5.41, 5.74) is 0. The summed E-state index contributed by atoms with van der Waals surface area (Å²) in [5.74, 6) is -1.51. The second-order valence-electron chi connectivity index (χ2n) is 17.0. The third kappa shape index (κ3) is 44.6. The van der Waals surface area contributed by atoms with Crippen LogP contribution in [-0.4, -0.2) is 66.5 Å². The third-order valence-corrected chi connectivity index (χ3v) is 11.7. The molecule has 0 aliphatic heterocycles. The van der Waals surface area contributed by atoms with Crippen LogP contribution in [0.2, 0.25) is 0 Å². The van der Waals surface area contributed by atoms with Gasteiger partial charge in [0.05, 0.1) is 19.8 Å². The minimum absolute atomic E-state index is 0.152. The molecule has 372 valence electrons. The number of hydrogen-bond acceptors (Lipinski definition) is 10. The van der Waals surface area contributed by atoms with Crippen LogP contribution in [0.1, 0.15) is 226 Å². The number of unbranched alkanes of at least 4 members (excludes halogenated alkanes) is 22. The highest BCUT2D eigenvalue weighted by molar-refractivity contribution is 7.47. The maximum atomic E-state index is 12.8. The molecule has 0 aromatic carbocycles. The van der Waals surface area contributed by atoms with Crippen molar-refractivity contribution in [2.24, 2.45) is 0 Å². The highest BCUT2D eigenvalue weighted by Gasteiger charge is 2.28. The average Bonchev–Trinajstić information content (AvgIpc) is 3.28. The van der Waals surface area contributed by atoms with Crippen LogP contribution in [0, 0.1) is 0 Å². The summed E-state index contributed by atoms with van der Waals surface area (Å²) in [4.78, 5) is 48.2. The van der Waals surface area contributed by atoms with Gasteiger partial charge in [-0.25, -0.2) is 4.57 Å². The first-order chi connectivity index (χ1) is 31.2. The van der Waals surface area contributed by atoms with E-state index in [1.54, 1.807) is 0 Å². The van der Waals surface area contributed by atoms with E-state index in [0.717, 1.165) is 96.3 Å². The second kappa shape index (κ2) is 47.0. The van der Waals surface area contributed by atoms with E-state index in [-0.39, 0.29) is 25.9 Å². The molecule has 0 fully saturated rings. The number of rotatable bonds is 47. The quantitative estimate of drug-likeness (QED) is 0.0197. The lowest BCUT2D eigenvalue weighted by atomic mass is 10.1. The van der Waals surface area contributed by atoms with Crippen LogP contribution >= 0.6 is 7.82 Å². The first-order valence-electron chi connectivity index (χ1n) is 25.5. The van der Waals surface area contributed by atoms with Crippen LogP contribution in [0.15, 0.2) is 48.6 Å². The molecule has 0 amide bonds. The van der Waals surface area contributed by atoms with Gasteiger partial charge in [-0.1, -0.05) is 179 Å². The summed E-state index contributed by atoms with van der Waals surface area (Å²) in [5, 5.41) is 9.75. The molecule has 0 aliphatic rings. The smallest absolute Gasteiger partial charge is 0.462 e. The van der Waals surface area contributed by atoms with Crippen molar-refractivity contribution in [2.45, 2.75) is 238 Å². The van der Waals surface area contributed by atoms with Crippen LogP contribution in [0.25, 0.3) is 0 Å². The Balaban J connectivity index is 4.79. The molecule has 0 radical (unpaired) electrons. The van der Waals surface area contributed by atoms with Crippen molar-refractivity contribution in [2.75, 3.05) is 26.4 Å². The zero-order valence-electron chi connectivity index (χ0n) is 40.7. The third-order valence-electron chi connectivity index (χ3n) is 10.7. The van der Waals surface area contributed by atoms with E-state index in [2.05, 4.69) is 69.4 Å². The number of phosphoric acid groups is 1. The molecule has 0 aliphatic carbocycles. The summed E-state index contributed by atoms with van der Waals surface area (Å²) in [6.07, 6.45) is 46.6. The van der Waals surface area contributed by atoms with Crippen LogP contribution in [0.3, 0.4) is 0 Å². The topological polar surface area (TPSA) is 155 Å². The Hall–Kier alpha value is -2.56. The van der Waals surface area contributed by atoms with Crippen molar-refractivity contribution >= 4 is 25.7 Å². The van der Waals surface area contributed by atoms with E-state index in [1.165, 1.54) is 70.6 Å². The van der Waals surface area contributed by atoms with Gasteiger partial charge in [0.15, 0.2) is 6.10 Å². The largest absolute Gasteiger partial charge is 0.472 e. The highest BCUT2D eigenvalue weighted by atomic mass is 31.2. The van der Waals surface area contributed by atoms with Gasteiger partial charge in [0.25, 0.3) is 0 Å². The van der Waals surface area contributed by atoms with Gasteiger partial charge in [0.1, 0.15) is 12.7 Å². The lowest BCUT2D eigenvalue weighted by molar-refractivity contribution is -0.161. The van der Waals surface area contributed by atoms with E-state index in [9.17, 15) is 28.9 Å². The zero-order valence-corrected chi connectivity index (χ0v) is 41.6. The van der Waals surface area contributed by atoms with Crippen molar-refractivity contribution in [3.63, 3.8) is 0 Å². The highest BCUT2D eigenvalue weighted by Crippen LogP contribution is 2.43. The summed E-state index contributed by atoms with van der Waals surface area (Å²) in [6.45, 7) is 4.45. The van der Waals surface area contributed by atoms with E-state index >= 15 is 0 Å². The molecule has 3 unspecified atom stereocenters. The summed E-state index contributed by atoms with van der Waals surface area (Å²) >= 11 is 0. The average molecular weight is 925 g/mol. The summed E-state index contributed by atoms with van der Waals surface area (Å²) in [6, 6.07) is 0. The Morgan fingerprint density at radius 1 is 0.453 bits per heavy atom. The molecule has 0 saturated heterocycles. The van der Waals surface area contributed by atoms with E-state index in [1.807, 2.05) is 0 Å². The van der Waals surface area contributed by atoms with Crippen LogP contribution in [0.4, 0.5) is 0 Å². The number of ether oxygens (including phenoxy) is 3. The Morgan fingerprint density at radius 3 is 1.30 bits per heavy atom. The number of aliphatic hydroxyl groups is 1. The van der Waals surface area contributed by atoms with Gasteiger partial charge < -0.3 is 24.2 Å². The number of allylic oxidation sites excluding steroid dienone is 8. The first kappa shape index (κ1) is 61.4. The lowest BCUT2D eigenvalue weighted by Gasteiger charge is -2.21. The minimum Gasteiger partial charge on any atom is -0.462 e.